The molecule has 3 unspecified atom stereocenters. The average Bonchev–Trinajstić information content (AvgIpc) is 2.87. The molecule has 206 valence electrons. The molecule has 0 heterocycles. The van der Waals surface area contributed by atoms with E-state index in [1.54, 1.807) is 8.95 Å². The number of carbonyl (C=O) groups excluding carboxylic acids is 2. The van der Waals surface area contributed by atoms with Crippen LogP contribution in [0.15, 0.2) is 0 Å². The van der Waals surface area contributed by atoms with Gasteiger partial charge >= 0.3 is 234 Å². The van der Waals surface area contributed by atoms with Gasteiger partial charge in [-0.2, -0.15) is 0 Å². The van der Waals surface area contributed by atoms with E-state index < -0.39 is 18.4 Å². The zero-order valence-corrected chi connectivity index (χ0v) is 27.9. The van der Waals surface area contributed by atoms with Gasteiger partial charge in [0.15, 0.2) is 0 Å². The zero-order valence-electron chi connectivity index (χ0n) is 23.4. The van der Waals surface area contributed by atoms with Crippen LogP contribution >= 0.6 is 17.9 Å². The second-order valence-corrected chi connectivity index (χ2v) is 20.5. The molecular weight excluding hydrogens is 583 g/mol. The van der Waals surface area contributed by atoms with Crippen molar-refractivity contribution in [1.82, 2.24) is 0 Å². The molecule has 0 aromatic rings. The molecule has 0 saturated carbocycles. The Morgan fingerprint density at radius 3 is 1.80 bits per heavy atom. The van der Waals surface area contributed by atoms with Crippen LogP contribution in [-0.4, -0.2) is 54.5 Å². The van der Waals surface area contributed by atoms with Crippen LogP contribution in [0.1, 0.15) is 131 Å². The quantitative estimate of drug-likeness (QED) is 0.0568. The van der Waals surface area contributed by atoms with Gasteiger partial charge in [0.25, 0.3) is 0 Å². The average molecular weight is 638 g/mol. The van der Waals surface area contributed by atoms with Crippen molar-refractivity contribution in [2.24, 2.45) is 11.8 Å². The minimum absolute atomic E-state index is 0.0238. The molecule has 0 spiro atoms. The molecule has 0 aliphatic carbocycles. The van der Waals surface area contributed by atoms with Crippen molar-refractivity contribution >= 4 is 48.2 Å². The van der Waals surface area contributed by atoms with Gasteiger partial charge in [-0.05, 0) is 0 Å². The van der Waals surface area contributed by atoms with E-state index in [2.05, 4.69) is 34.6 Å². The Bertz CT molecular complexity index is 507. The van der Waals surface area contributed by atoms with Crippen molar-refractivity contribution in [3.63, 3.8) is 0 Å². The first kappa shape index (κ1) is 35.4. The van der Waals surface area contributed by atoms with Crippen LogP contribution in [0.3, 0.4) is 0 Å². The molecule has 0 saturated heterocycles. The number of unbranched alkanes of at least 4 members (excludes halogenated alkanes) is 7. The van der Waals surface area contributed by atoms with E-state index in [4.69, 9.17) is 9.47 Å². The molecule has 0 aromatic carbocycles. The zero-order chi connectivity index (χ0) is 26.2. The van der Waals surface area contributed by atoms with Gasteiger partial charge in [-0.15, -0.1) is 0 Å². The molecule has 7 heteroatoms. The number of ether oxygens (including phenoxy) is 2. The summed E-state index contributed by atoms with van der Waals surface area (Å²) < 4.78 is 11.3. The fourth-order valence-corrected chi connectivity index (χ4v) is 14.6. The first-order chi connectivity index (χ1) is 17.0. The SMILES string of the molecule is CCCCCCCCC([S][Sn][S]CC(=O)OCC(CC)CCCC)C(=O)OCC(CC)CCCC. The summed E-state index contributed by atoms with van der Waals surface area (Å²) in [4.78, 5) is 25.1. The molecule has 2 radical (unpaired) electrons. The minimum atomic E-state index is -0.952. The molecule has 3 atom stereocenters. The Kier molecular flexibility index (Phi) is 26.4. The summed E-state index contributed by atoms with van der Waals surface area (Å²) in [5.41, 5.74) is 0. The van der Waals surface area contributed by atoms with E-state index in [0.717, 1.165) is 38.5 Å². The van der Waals surface area contributed by atoms with Crippen LogP contribution in [0.25, 0.3) is 0 Å². The van der Waals surface area contributed by atoms with E-state index in [0.29, 0.717) is 30.8 Å². The molecule has 0 aliphatic heterocycles. The number of hydrogen-bond donors (Lipinski definition) is 0. The second kappa shape index (κ2) is 26.1. The van der Waals surface area contributed by atoms with Gasteiger partial charge in [-0.1, -0.05) is 0 Å². The van der Waals surface area contributed by atoms with Gasteiger partial charge in [-0.3, -0.25) is 0 Å². The molecule has 4 nitrogen and oxygen atoms in total. The molecule has 0 N–H and O–H groups in total. The maximum absolute atomic E-state index is 12.9. The van der Waals surface area contributed by atoms with Crippen LogP contribution < -0.4 is 0 Å². The normalized spacial score (nSPS) is 13.9. The van der Waals surface area contributed by atoms with Crippen LogP contribution in [0.5, 0.6) is 0 Å². The van der Waals surface area contributed by atoms with Crippen molar-refractivity contribution in [1.29, 1.82) is 0 Å². The van der Waals surface area contributed by atoms with Crippen molar-refractivity contribution in [3.05, 3.63) is 0 Å². The van der Waals surface area contributed by atoms with Crippen LogP contribution in [0, 0.1) is 11.8 Å². The first-order valence-corrected chi connectivity index (χ1v) is 23.2. The summed E-state index contributed by atoms with van der Waals surface area (Å²) in [5.74, 6) is 1.27. The molecule has 0 fully saturated rings. The fraction of sp³-hybridized carbons (Fsp3) is 0.929. The number of carbonyl (C=O) groups is 2. The van der Waals surface area contributed by atoms with E-state index >= 15 is 0 Å². The van der Waals surface area contributed by atoms with Crippen LogP contribution in [0.4, 0.5) is 0 Å². The van der Waals surface area contributed by atoms with Gasteiger partial charge < -0.3 is 0 Å². The van der Waals surface area contributed by atoms with Crippen LogP contribution in [-0.2, 0) is 19.1 Å². The summed E-state index contributed by atoms with van der Waals surface area (Å²) in [6, 6.07) is 0. The topological polar surface area (TPSA) is 52.6 Å². The fourth-order valence-electron chi connectivity index (χ4n) is 3.86. The number of esters is 2. The molecule has 0 rings (SSSR count). The summed E-state index contributed by atoms with van der Waals surface area (Å²) in [6.07, 6.45) is 17.5. The van der Waals surface area contributed by atoms with Gasteiger partial charge in [0.2, 0.25) is 0 Å². The first-order valence-electron chi connectivity index (χ1n) is 14.4. The number of hydrogen-bond acceptors (Lipinski definition) is 6. The van der Waals surface area contributed by atoms with Crippen molar-refractivity contribution in [3.8, 4) is 0 Å². The molecule has 0 bridgehead atoms. The number of rotatable bonds is 25. The van der Waals surface area contributed by atoms with E-state index in [1.165, 1.54) is 57.8 Å². The Balaban J connectivity index is 4.46. The van der Waals surface area contributed by atoms with E-state index in [1.807, 2.05) is 8.95 Å². The Hall–Kier alpha value is 0.439. The third-order valence-electron chi connectivity index (χ3n) is 6.55. The standard InChI is InChI=1S/C18H36O2S.C10H20O2S.Sn/c1-4-7-9-10-11-12-14-17(21)18(19)20-15-16(6-3)13-8-5-2;1-3-5-6-9(4-2)7-12-10(11)8-13;/h16-17,21H,4-15H2,1-3H3;9,13H,3-8H2,1-2H3;/q;;+2/p-2. The molecule has 0 aliphatic rings. The summed E-state index contributed by atoms with van der Waals surface area (Å²) in [6.45, 7) is 12.1. The molecule has 35 heavy (non-hydrogen) atoms. The Morgan fingerprint density at radius 2 is 1.23 bits per heavy atom. The van der Waals surface area contributed by atoms with Gasteiger partial charge in [-0.25, -0.2) is 0 Å². The van der Waals surface area contributed by atoms with Crippen LogP contribution in [0.2, 0.25) is 0 Å². The maximum atomic E-state index is 12.9. The van der Waals surface area contributed by atoms with E-state index in [9.17, 15) is 9.59 Å². The summed E-state index contributed by atoms with van der Waals surface area (Å²) >= 11 is -0.952. The molecule has 0 aromatic heterocycles. The second-order valence-electron chi connectivity index (χ2n) is 9.68. The van der Waals surface area contributed by atoms with Gasteiger partial charge in [0, 0.05) is 0 Å². The Morgan fingerprint density at radius 1 is 0.686 bits per heavy atom. The summed E-state index contributed by atoms with van der Waals surface area (Å²) in [7, 11) is 3.53. The predicted octanol–water partition coefficient (Wildman–Crippen LogP) is 8.63. The molecular formula is C28H54O4S2Sn. The van der Waals surface area contributed by atoms with Gasteiger partial charge in [0.05, 0.1) is 0 Å². The van der Waals surface area contributed by atoms with Gasteiger partial charge in [0.1, 0.15) is 0 Å². The third kappa shape index (κ3) is 21.1. The van der Waals surface area contributed by atoms with E-state index in [-0.39, 0.29) is 17.2 Å². The summed E-state index contributed by atoms with van der Waals surface area (Å²) in [5, 5.41) is -0.0570. The van der Waals surface area contributed by atoms with Crippen molar-refractivity contribution < 1.29 is 19.1 Å². The van der Waals surface area contributed by atoms with Crippen molar-refractivity contribution in [2.45, 2.75) is 136 Å². The predicted molar refractivity (Wildman–Crippen MR) is 156 cm³/mol. The Labute approximate surface area is 233 Å². The molecule has 0 amide bonds. The monoisotopic (exact) mass is 638 g/mol. The third-order valence-corrected chi connectivity index (χ3v) is 17.7. The van der Waals surface area contributed by atoms with Crippen molar-refractivity contribution in [2.75, 3.05) is 19.0 Å².